The number of aromatic nitrogens is 2. The Bertz CT molecular complexity index is 824. The molecule has 3 rings (SSSR count). The highest BCUT2D eigenvalue weighted by atomic mass is 16.5. The van der Waals surface area contributed by atoms with Crippen LogP contribution in [-0.4, -0.2) is 27.9 Å². The number of aromatic amines is 1. The van der Waals surface area contributed by atoms with Gasteiger partial charge in [0, 0.05) is 17.7 Å². The summed E-state index contributed by atoms with van der Waals surface area (Å²) in [6, 6.07) is 17.4. The molecule has 0 aliphatic rings. The van der Waals surface area contributed by atoms with Gasteiger partial charge >= 0.3 is 5.97 Å². The van der Waals surface area contributed by atoms with Crippen molar-refractivity contribution in [1.82, 2.24) is 10.2 Å². The Labute approximate surface area is 139 Å². The van der Waals surface area contributed by atoms with E-state index < -0.39 is 5.97 Å². The lowest BCUT2D eigenvalue weighted by molar-refractivity contribution is 0.0697. The van der Waals surface area contributed by atoms with Gasteiger partial charge in [0.25, 0.3) is 0 Å². The fourth-order valence-electron chi connectivity index (χ4n) is 2.54. The van der Waals surface area contributed by atoms with E-state index in [-0.39, 0.29) is 5.56 Å². The lowest BCUT2D eigenvalue weighted by Crippen LogP contribution is -2.01. The van der Waals surface area contributed by atoms with Gasteiger partial charge in [0.05, 0.1) is 6.61 Å². The molecule has 0 amide bonds. The molecule has 5 nitrogen and oxygen atoms in total. The molecule has 0 aliphatic carbocycles. The quantitative estimate of drug-likeness (QED) is 0.725. The van der Waals surface area contributed by atoms with E-state index in [1.54, 1.807) is 6.92 Å². The van der Waals surface area contributed by atoms with Crippen LogP contribution in [0.1, 0.15) is 21.6 Å². The molecule has 3 aromatic rings. The minimum Gasteiger partial charge on any atom is -0.493 e. The van der Waals surface area contributed by atoms with Crippen LogP contribution in [0, 0.1) is 6.92 Å². The van der Waals surface area contributed by atoms with E-state index in [9.17, 15) is 9.90 Å². The minimum atomic E-state index is -0.987. The SMILES string of the molecule is Cc1[nH]nc(-c2ccc(OCCc3ccccc3)cc2)c1C(=O)O. The summed E-state index contributed by atoms with van der Waals surface area (Å²) in [5, 5.41) is 16.1. The van der Waals surface area contributed by atoms with Gasteiger partial charge in [-0.25, -0.2) is 4.79 Å². The van der Waals surface area contributed by atoms with Crippen LogP contribution in [0.4, 0.5) is 0 Å². The first kappa shape index (κ1) is 15.8. The smallest absolute Gasteiger partial charge is 0.339 e. The van der Waals surface area contributed by atoms with Crippen molar-refractivity contribution in [2.45, 2.75) is 13.3 Å². The highest BCUT2D eigenvalue weighted by Gasteiger charge is 2.18. The van der Waals surface area contributed by atoms with Gasteiger partial charge in [-0.15, -0.1) is 0 Å². The van der Waals surface area contributed by atoms with Crippen molar-refractivity contribution in [3.8, 4) is 17.0 Å². The summed E-state index contributed by atoms with van der Waals surface area (Å²) in [6.07, 6.45) is 0.838. The number of ether oxygens (including phenoxy) is 1. The van der Waals surface area contributed by atoms with Crippen LogP contribution in [0.3, 0.4) is 0 Å². The zero-order valence-corrected chi connectivity index (χ0v) is 13.3. The molecule has 0 unspecified atom stereocenters. The zero-order chi connectivity index (χ0) is 16.9. The average Bonchev–Trinajstić information content (AvgIpc) is 2.98. The Morgan fingerprint density at radius 1 is 1.12 bits per heavy atom. The molecule has 1 heterocycles. The maximum Gasteiger partial charge on any atom is 0.339 e. The molecule has 0 saturated heterocycles. The van der Waals surface area contributed by atoms with Gasteiger partial charge in [-0.2, -0.15) is 5.10 Å². The summed E-state index contributed by atoms with van der Waals surface area (Å²) in [5.41, 5.74) is 3.16. The number of carboxylic acid groups (broad SMARTS) is 1. The van der Waals surface area contributed by atoms with E-state index in [4.69, 9.17) is 4.74 Å². The first-order valence-corrected chi connectivity index (χ1v) is 7.70. The maximum absolute atomic E-state index is 11.3. The van der Waals surface area contributed by atoms with E-state index in [1.165, 1.54) is 5.56 Å². The van der Waals surface area contributed by atoms with Gasteiger partial charge in [0.2, 0.25) is 0 Å². The van der Waals surface area contributed by atoms with Crippen molar-refractivity contribution in [2.24, 2.45) is 0 Å². The zero-order valence-electron chi connectivity index (χ0n) is 13.3. The lowest BCUT2D eigenvalue weighted by Gasteiger charge is -2.07. The van der Waals surface area contributed by atoms with Gasteiger partial charge in [0.15, 0.2) is 0 Å². The molecular formula is C19H18N2O3. The maximum atomic E-state index is 11.3. The molecule has 0 aliphatic heterocycles. The largest absolute Gasteiger partial charge is 0.493 e. The van der Waals surface area contributed by atoms with Crippen LogP contribution in [0.2, 0.25) is 0 Å². The Morgan fingerprint density at radius 2 is 1.83 bits per heavy atom. The van der Waals surface area contributed by atoms with E-state index in [0.717, 1.165) is 17.7 Å². The van der Waals surface area contributed by atoms with Crippen LogP contribution in [0.25, 0.3) is 11.3 Å². The standard InChI is InChI=1S/C19H18N2O3/c1-13-17(19(22)23)18(21-20-13)15-7-9-16(10-8-15)24-12-11-14-5-3-2-4-6-14/h2-10H,11-12H2,1H3,(H,20,21)(H,22,23). The minimum absolute atomic E-state index is 0.202. The molecule has 0 atom stereocenters. The second kappa shape index (κ2) is 7.00. The Kier molecular flexibility index (Phi) is 4.61. The van der Waals surface area contributed by atoms with Crippen LogP contribution in [0.15, 0.2) is 54.6 Å². The molecule has 122 valence electrons. The van der Waals surface area contributed by atoms with Crippen LogP contribution < -0.4 is 4.74 Å². The van der Waals surface area contributed by atoms with Gasteiger partial charge in [-0.3, -0.25) is 5.10 Å². The molecule has 0 radical (unpaired) electrons. The molecule has 2 aromatic carbocycles. The van der Waals surface area contributed by atoms with Gasteiger partial charge in [0.1, 0.15) is 17.0 Å². The molecule has 24 heavy (non-hydrogen) atoms. The number of aromatic carboxylic acids is 1. The summed E-state index contributed by atoms with van der Waals surface area (Å²) < 4.78 is 5.74. The van der Waals surface area contributed by atoms with Crippen LogP contribution >= 0.6 is 0 Å². The molecule has 1 aromatic heterocycles. The van der Waals surface area contributed by atoms with Crippen molar-refractivity contribution in [3.05, 3.63) is 71.4 Å². The van der Waals surface area contributed by atoms with E-state index in [0.29, 0.717) is 18.0 Å². The van der Waals surface area contributed by atoms with Gasteiger partial charge < -0.3 is 9.84 Å². The number of hydrogen-bond acceptors (Lipinski definition) is 3. The number of rotatable bonds is 6. The molecular weight excluding hydrogens is 304 g/mol. The van der Waals surface area contributed by atoms with Crippen molar-refractivity contribution in [1.29, 1.82) is 0 Å². The van der Waals surface area contributed by atoms with Gasteiger partial charge in [-0.1, -0.05) is 30.3 Å². The van der Waals surface area contributed by atoms with E-state index in [1.807, 2.05) is 42.5 Å². The van der Waals surface area contributed by atoms with Crippen molar-refractivity contribution < 1.29 is 14.6 Å². The van der Waals surface area contributed by atoms with Gasteiger partial charge in [-0.05, 0) is 36.8 Å². The Balaban J connectivity index is 1.67. The number of nitrogens with one attached hydrogen (secondary N) is 1. The Hall–Kier alpha value is -3.08. The summed E-state index contributed by atoms with van der Waals surface area (Å²) >= 11 is 0. The highest BCUT2D eigenvalue weighted by Crippen LogP contribution is 2.25. The molecule has 0 spiro atoms. The topological polar surface area (TPSA) is 75.2 Å². The second-order valence-electron chi connectivity index (χ2n) is 5.49. The number of carboxylic acids is 1. The van der Waals surface area contributed by atoms with E-state index in [2.05, 4.69) is 22.3 Å². The van der Waals surface area contributed by atoms with E-state index >= 15 is 0 Å². The molecule has 0 saturated carbocycles. The normalized spacial score (nSPS) is 10.5. The van der Waals surface area contributed by atoms with Crippen LogP contribution in [-0.2, 0) is 6.42 Å². The molecule has 5 heteroatoms. The lowest BCUT2D eigenvalue weighted by atomic mass is 10.1. The fourth-order valence-corrected chi connectivity index (χ4v) is 2.54. The fraction of sp³-hybridized carbons (Fsp3) is 0.158. The number of carbonyl (C=O) groups is 1. The number of hydrogen-bond donors (Lipinski definition) is 2. The predicted octanol–water partition coefficient (Wildman–Crippen LogP) is 3.70. The first-order chi connectivity index (χ1) is 11.6. The number of H-pyrrole nitrogens is 1. The molecule has 0 bridgehead atoms. The summed E-state index contributed by atoms with van der Waals surface area (Å²) in [6.45, 7) is 2.28. The average molecular weight is 322 g/mol. The van der Waals surface area contributed by atoms with Crippen molar-refractivity contribution in [3.63, 3.8) is 0 Å². The molecule has 0 fully saturated rings. The van der Waals surface area contributed by atoms with Crippen molar-refractivity contribution in [2.75, 3.05) is 6.61 Å². The second-order valence-corrected chi connectivity index (χ2v) is 5.49. The third-order valence-electron chi connectivity index (χ3n) is 3.79. The van der Waals surface area contributed by atoms with Crippen LogP contribution in [0.5, 0.6) is 5.75 Å². The first-order valence-electron chi connectivity index (χ1n) is 7.70. The third kappa shape index (κ3) is 3.46. The monoisotopic (exact) mass is 322 g/mol. The number of aryl methyl sites for hydroxylation is 1. The number of nitrogens with zero attached hydrogens (tertiary/aromatic N) is 1. The summed E-state index contributed by atoms with van der Waals surface area (Å²) in [7, 11) is 0. The Morgan fingerprint density at radius 3 is 2.50 bits per heavy atom. The summed E-state index contributed by atoms with van der Waals surface area (Å²) in [4.78, 5) is 11.3. The molecule has 2 N–H and O–H groups in total. The highest BCUT2D eigenvalue weighted by molar-refractivity contribution is 5.96. The number of benzene rings is 2. The van der Waals surface area contributed by atoms with Crippen molar-refractivity contribution >= 4 is 5.97 Å². The third-order valence-corrected chi connectivity index (χ3v) is 3.79. The summed E-state index contributed by atoms with van der Waals surface area (Å²) in [5.74, 6) is -0.238. The predicted molar refractivity (Wildman–Crippen MR) is 91.4 cm³/mol.